The Bertz CT molecular complexity index is 365. The van der Waals surface area contributed by atoms with Crippen molar-refractivity contribution in [1.82, 2.24) is 15.6 Å². The van der Waals surface area contributed by atoms with Gasteiger partial charge in [0.1, 0.15) is 0 Å². The molecule has 0 saturated heterocycles. The highest BCUT2D eigenvalue weighted by atomic mass is 127. The summed E-state index contributed by atoms with van der Waals surface area (Å²) in [6, 6.07) is 0. The number of hydrogen-bond donors (Lipinski definition) is 2. The first-order valence-electron chi connectivity index (χ1n) is 6.61. The van der Waals surface area contributed by atoms with Gasteiger partial charge < -0.3 is 10.6 Å². The van der Waals surface area contributed by atoms with E-state index in [4.69, 9.17) is 0 Å². The number of guanidine groups is 1. The fourth-order valence-electron chi connectivity index (χ4n) is 1.59. The van der Waals surface area contributed by atoms with Crippen LogP contribution in [0, 0.1) is 6.92 Å². The van der Waals surface area contributed by atoms with E-state index in [1.165, 1.54) is 11.4 Å². The summed E-state index contributed by atoms with van der Waals surface area (Å²) in [6.07, 6.45) is 4.52. The lowest BCUT2D eigenvalue weighted by Gasteiger charge is -2.10. The Balaban J connectivity index is 0.00000324. The summed E-state index contributed by atoms with van der Waals surface area (Å²) in [6.45, 7) is 6.13. The predicted octanol–water partition coefficient (Wildman–Crippen LogP) is 2.97. The highest BCUT2D eigenvalue weighted by Crippen LogP contribution is 2.11. The Labute approximate surface area is 137 Å². The molecular weight excluding hydrogens is 371 g/mol. The summed E-state index contributed by atoms with van der Waals surface area (Å²) >= 11 is 1.76. The Morgan fingerprint density at radius 3 is 2.63 bits per heavy atom. The second kappa shape index (κ2) is 11.5. The third-order valence-corrected chi connectivity index (χ3v) is 3.57. The van der Waals surface area contributed by atoms with Gasteiger partial charge in [-0.2, -0.15) is 0 Å². The number of nitrogens with zero attached hydrogens (tertiary/aromatic N) is 2. The standard InChI is InChI=1S/C13H24N4S.HI/c1-4-8-15-13(14-3)16-9-6-5-7-12-17-11(2)10-18-12;/h10H,4-9H2,1-3H3,(H2,14,15,16);1H. The quantitative estimate of drug-likeness (QED) is 0.323. The number of thiazole rings is 1. The zero-order valence-electron chi connectivity index (χ0n) is 12.0. The molecular formula is C13H25IN4S. The van der Waals surface area contributed by atoms with Crippen LogP contribution in [0.25, 0.3) is 0 Å². The van der Waals surface area contributed by atoms with Crippen LogP contribution in [-0.2, 0) is 6.42 Å². The summed E-state index contributed by atoms with van der Waals surface area (Å²) in [5.74, 6) is 0.905. The monoisotopic (exact) mass is 396 g/mol. The van der Waals surface area contributed by atoms with Crippen molar-refractivity contribution in [2.45, 2.75) is 39.5 Å². The van der Waals surface area contributed by atoms with Gasteiger partial charge in [-0.3, -0.25) is 4.99 Å². The molecule has 0 unspecified atom stereocenters. The molecule has 0 aliphatic rings. The lowest BCUT2D eigenvalue weighted by atomic mass is 10.2. The first kappa shape index (κ1) is 18.6. The second-order valence-electron chi connectivity index (χ2n) is 4.27. The molecule has 1 aromatic rings. The van der Waals surface area contributed by atoms with Gasteiger partial charge in [0, 0.05) is 31.2 Å². The van der Waals surface area contributed by atoms with Gasteiger partial charge in [-0.05, 0) is 32.6 Å². The van der Waals surface area contributed by atoms with Crippen LogP contribution in [0.5, 0.6) is 0 Å². The average molecular weight is 396 g/mol. The number of rotatable bonds is 7. The molecule has 0 atom stereocenters. The van der Waals surface area contributed by atoms with Crippen LogP contribution in [0.2, 0.25) is 0 Å². The zero-order valence-corrected chi connectivity index (χ0v) is 15.2. The van der Waals surface area contributed by atoms with Gasteiger partial charge in [-0.1, -0.05) is 6.92 Å². The van der Waals surface area contributed by atoms with Crippen LogP contribution in [0.1, 0.15) is 36.9 Å². The summed E-state index contributed by atoms with van der Waals surface area (Å²) < 4.78 is 0. The summed E-state index contributed by atoms with van der Waals surface area (Å²) in [7, 11) is 1.81. The summed E-state index contributed by atoms with van der Waals surface area (Å²) in [5.41, 5.74) is 1.14. The number of halogens is 1. The SMILES string of the molecule is CCCNC(=NC)NCCCCc1nc(C)cs1.I. The third kappa shape index (κ3) is 8.41. The molecule has 0 fully saturated rings. The van der Waals surface area contributed by atoms with E-state index in [2.05, 4.69) is 32.9 Å². The van der Waals surface area contributed by atoms with Crippen molar-refractivity contribution in [2.24, 2.45) is 4.99 Å². The van der Waals surface area contributed by atoms with E-state index in [9.17, 15) is 0 Å². The highest BCUT2D eigenvalue weighted by molar-refractivity contribution is 14.0. The van der Waals surface area contributed by atoms with E-state index in [1.807, 2.05) is 14.0 Å². The van der Waals surface area contributed by atoms with Gasteiger partial charge in [0.05, 0.1) is 5.01 Å². The summed E-state index contributed by atoms with van der Waals surface area (Å²) in [5, 5.41) is 9.94. The van der Waals surface area contributed by atoms with Crippen LogP contribution < -0.4 is 10.6 Å². The minimum absolute atomic E-state index is 0. The topological polar surface area (TPSA) is 49.3 Å². The van der Waals surface area contributed by atoms with Crippen molar-refractivity contribution in [3.63, 3.8) is 0 Å². The molecule has 4 nitrogen and oxygen atoms in total. The molecule has 6 heteroatoms. The van der Waals surface area contributed by atoms with Crippen molar-refractivity contribution in [3.8, 4) is 0 Å². The Morgan fingerprint density at radius 1 is 1.32 bits per heavy atom. The van der Waals surface area contributed by atoms with Gasteiger partial charge in [-0.25, -0.2) is 4.98 Å². The van der Waals surface area contributed by atoms with Crippen molar-refractivity contribution in [1.29, 1.82) is 0 Å². The van der Waals surface area contributed by atoms with E-state index in [0.29, 0.717) is 0 Å². The smallest absolute Gasteiger partial charge is 0.190 e. The van der Waals surface area contributed by atoms with Crippen molar-refractivity contribution >= 4 is 41.3 Å². The fourth-order valence-corrected chi connectivity index (χ4v) is 2.41. The molecule has 0 aliphatic heterocycles. The Kier molecular flexibility index (Phi) is 11.2. The normalized spacial score (nSPS) is 11.0. The molecule has 2 N–H and O–H groups in total. The fraction of sp³-hybridized carbons (Fsp3) is 0.692. The van der Waals surface area contributed by atoms with Gasteiger partial charge in [0.2, 0.25) is 0 Å². The molecule has 0 bridgehead atoms. The third-order valence-electron chi connectivity index (χ3n) is 2.54. The van der Waals surface area contributed by atoms with Gasteiger partial charge in [0.15, 0.2) is 5.96 Å². The molecule has 0 aliphatic carbocycles. The van der Waals surface area contributed by atoms with E-state index in [1.54, 1.807) is 11.3 Å². The van der Waals surface area contributed by atoms with Crippen LogP contribution in [0.4, 0.5) is 0 Å². The maximum Gasteiger partial charge on any atom is 0.190 e. The zero-order chi connectivity index (χ0) is 13.2. The minimum atomic E-state index is 0. The van der Waals surface area contributed by atoms with Crippen molar-refractivity contribution < 1.29 is 0 Å². The molecule has 0 aromatic carbocycles. The van der Waals surface area contributed by atoms with Crippen molar-refractivity contribution in [3.05, 3.63) is 16.1 Å². The van der Waals surface area contributed by atoms with E-state index >= 15 is 0 Å². The molecule has 0 spiro atoms. The maximum atomic E-state index is 4.46. The molecule has 0 radical (unpaired) electrons. The molecule has 110 valence electrons. The lowest BCUT2D eigenvalue weighted by molar-refractivity contribution is 0.689. The van der Waals surface area contributed by atoms with Gasteiger partial charge >= 0.3 is 0 Å². The van der Waals surface area contributed by atoms with Gasteiger partial charge in [-0.15, -0.1) is 35.3 Å². The van der Waals surface area contributed by atoms with Crippen LogP contribution in [0.3, 0.4) is 0 Å². The van der Waals surface area contributed by atoms with Gasteiger partial charge in [0.25, 0.3) is 0 Å². The molecule has 1 aromatic heterocycles. The molecule has 19 heavy (non-hydrogen) atoms. The number of nitrogens with one attached hydrogen (secondary N) is 2. The number of hydrogen-bond acceptors (Lipinski definition) is 3. The molecule has 0 amide bonds. The minimum Gasteiger partial charge on any atom is -0.356 e. The molecule has 1 heterocycles. The number of unbranched alkanes of at least 4 members (excludes halogenated alkanes) is 1. The van der Waals surface area contributed by atoms with E-state index in [-0.39, 0.29) is 24.0 Å². The number of aliphatic imine (C=N–C) groups is 1. The molecule has 0 saturated carbocycles. The van der Waals surface area contributed by atoms with Crippen molar-refractivity contribution in [2.75, 3.05) is 20.1 Å². The predicted molar refractivity (Wildman–Crippen MR) is 94.9 cm³/mol. The first-order chi connectivity index (χ1) is 8.76. The molecule has 1 rings (SSSR count). The first-order valence-corrected chi connectivity index (χ1v) is 7.49. The second-order valence-corrected chi connectivity index (χ2v) is 5.21. The van der Waals surface area contributed by atoms with Crippen LogP contribution in [-0.4, -0.2) is 31.1 Å². The van der Waals surface area contributed by atoms with Crippen LogP contribution >= 0.6 is 35.3 Å². The largest absolute Gasteiger partial charge is 0.356 e. The Hall–Kier alpha value is -0.370. The average Bonchev–Trinajstić information content (AvgIpc) is 2.78. The Morgan fingerprint density at radius 2 is 2.05 bits per heavy atom. The highest BCUT2D eigenvalue weighted by Gasteiger charge is 1.99. The van der Waals surface area contributed by atoms with Crippen LogP contribution in [0.15, 0.2) is 10.4 Å². The summed E-state index contributed by atoms with van der Waals surface area (Å²) in [4.78, 5) is 8.63. The lowest BCUT2D eigenvalue weighted by Crippen LogP contribution is -2.38. The number of aromatic nitrogens is 1. The van der Waals surface area contributed by atoms with E-state index in [0.717, 1.165) is 44.0 Å². The maximum absolute atomic E-state index is 4.46. The van der Waals surface area contributed by atoms with E-state index < -0.39 is 0 Å². The number of aryl methyl sites for hydroxylation is 2.